The van der Waals surface area contributed by atoms with E-state index in [0.29, 0.717) is 0 Å². The Hall–Kier alpha value is -1.98. The van der Waals surface area contributed by atoms with Crippen LogP contribution in [0.1, 0.15) is 10.4 Å². The van der Waals surface area contributed by atoms with Crippen LogP contribution < -0.4 is 0 Å². The van der Waals surface area contributed by atoms with Crippen molar-refractivity contribution in [2.24, 2.45) is 5.92 Å². The van der Waals surface area contributed by atoms with Gasteiger partial charge < -0.3 is 10.0 Å². The molecule has 2 rings (SSSR count). The Kier molecular flexibility index (Phi) is 2.55. The van der Waals surface area contributed by atoms with E-state index in [0.717, 1.165) is 12.3 Å². The van der Waals surface area contributed by atoms with E-state index < -0.39 is 17.8 Å². The van der Waals surface area contributed by atoms with Gasteiger partial charge >= 0.3 is 5.97 Å². The van der Waals surface area contributed by atoms with Crippen molar-refractivity contribution in [3.05, 3.63) is 29.8 Å². The van der Waals surface area contributed by atoms with E-state index in [1.807, 2.05) is 0 Å². The molecule has 1 N–H and O–H groups in total. The van der Waals surface area contributed by atoms with Crippen LogP contribution in [0.2, 0.25) is 0 Å². The summed E-state index contributed by atoms with van der Waals surface area (Å²) >= 11 is 0. The van der Waals surface area contributed by atoms with Crippen molar-refractivity contribution in [1.29, 1.82) is 0 Å². The van der Waals surface area contributed by atoms with E-state index in [2.05, 4.69) is 4.98 Å². The first-order valence-electron chi connectivity index (χ1n) is 4.71. The van der Waals surface area contributed by atoms with Crippen LogP contribution in [0, 0.1) is 11.9 Å². The lowest BCUT2D eigenvalue weighted by Gasteiger charge is -2.36. The van der Waals surface area contributed by atoms with Crippen molar-refractivity contribution in [3.8, 4) is 0 Å². The molecule has 0 radical (unpaired) electrons. The molecule has 0 atom stereocenters. The lowest BCUT2D eigenvalue weighted by Crippen LogP contribution is -2.53. The Morgan fingerprint density at radius 3 is 2.62 bits per heavy atom. The molecule has 5 nitrogen and oxygen atoms in total. The fourth-order valence-electron chi connectivity index (χ4n) is 1.49. The van der Waals surface area contributed by atoms with E-state index in [9.17, 15) is 14.0 Å². The number of nitrogens with zero attached hydrogens (tertiary/aromatic N) is 2. The Labute approximate surface area is 90.5 Å². The summed E-state index contributed by atoms with van der Waals surface area (Å²) in [5.41, 5.74) is 0.269. The van der Waals surface area contributed by atoms with E-state index in [4.69, 9.17) is 5.11 Å². The topological polar surface area (TPSA) is 70.5 Å². The first-order valence-corrected chi connectivity index (χ1v) is 4.71. The highest BCUT2D eigenvalue weighted by atomic mass is 19.1. The summed E-state index contributed by atoms with van der Waals surface area (Å²) in [6.45, 7) is 0.400. The molecule has 0 saturated carbocycles. The molecular formula is C10H9FN2O3. The zero-order chi connectivity index (χ0) is 11.7. The fraction of sp³-hybridized carbons (Fsp3) is 0.300. The maximum absolute atomic E-state index is 12.5. The number of hydrogen-bond acceptors (Lipinski definition) is 3. The van der Waals surface area contributed by atoms with Gasteiger partial charge in [-0.15, -0.1) is 0 Å². The Bertz CT molecular complexity index is 426. The predicted octanol–water partition coefficient (Wildman–Crippen LogP) is 0.377. The molecule has 0 bridgehead atoms. The number of pyridine rings is 1. The Morgan fingerprint density at radius 2 is 2.12 bits per heavy atom. The minimum Gasteiger partial charge on any atom is -0.481 e. The molecule has 1 amide bonds. The van der Waals surface area contributed by atoms with Gasteiger partial charge in [0.15, 0.2) is 0 Å². The van der Waals surface area contributed by atoms with E-state index >= 15 is 0 Å². The standard InChI is InChI=1S/C10H9FN2O3/c11-8-2-1-6(3-12-8)9(14)13-4-7(5-13)10(15)16/h1-3,7H,4-5H2,(H,15,16). The van der Waals surface area contributed by atoms with Gasteiger partial charge in [-0.25, -0.2) is 4.98 Å². The summed E-state index contributed by atoms with van der Waals surface area (Å²) in [7, 11) is 0. The monoisotopic (exact) mass is 224 g/mol. The number of carbonyl (C=O) groups is 2. The molecule has 0 aromatic carbocycles. The second-order valence-corrected chi connectivity index (χ2v) is 3.61. The van der Waals surface area contributed by atoms with Crippen molar-refractivity contribution in [2.45, 2.75) is 0 Å². The summed E-state index contributed by atoms with van der Waals surface area (Å²) in [5, 5.41) is 8.64. The number of amides is 1. The molecule has 84 valence electrons. The molecule has 16 heavy (non-hydrogen) atoms. The third-order valence-corrected chi connectivity index (χ3v) is 2.49. The first-order chi connectivity index (χ1) is 7.58. The molecule has 6 heteroatoms. The average Bonchev–Trinajstić information content (AvgIpc) is 2.15. The number of carbonyl (C=O) groups excluding carboxylic acids is 1. The molecule has 1 aromatic rings. The van der Waals surface area contributed by atoms with Gasteiger partial charge in [0.25, 0.3) is 5.91 Å². The lowest BCUT2D eigenvalue weighted by molar-refractivity contribution is -0.146. The molecule has 0 spiro atoms. The van der Waals surface area contributed by atoms with Crippen LogP contribution in [-0.2, 0) is 4.79 Å². The lowest BCUT2D eigenvalue weighted by atomic mass is 9.99. The number of hydrogen-bond donors (Lipinski definition) is 1. The quantitative estimate of drug-likeness (QED) is 0.737. The number of aliphatic carboxylic acids is 1. The zero-order valence-electron chi connectivity index (χ0n) is 8.26. The smallest absolute Gasteiger partial charge is 0.310 e. The van der Waals surface area contributed by atoms with Gasteiger partial charge in [0.05, 0.1) is 11.5 Å². The van der Waals surface area contributed by atoms with Crippen molar-refractivity contribution in [3.63, 3.8) is 0 Å². The molecule has 1 aliphatic heterocycles. The molecule has 1 fully saturated rings. The minimum absolute atomic E-state index is 0.200. The van der Waals surface area contributed by atoms with Crippen LogP contribution in [0.3, 0.4) is 0 Å². The molecule has 1 saturated heterocycles. The SMILES string of the molecule is O=C(O)C1CN(C(=O)c2ccc(F)nc2)C1. The largest absolute Gasteiger partial charge is 0.481 e. The van der Waals surface area contributed by atoms with Gasteiger partial charge in [-0.1, -0.05) is 0 Å². The number of carboxylic acid groups (broad SMARTS) is 1. The summed E-state index contributed by atoms with van der Waals surface area (Å²) in [4.78, 5) is 27.0. The maximum Gasteiger partial charge on any atom is 0.310 e. The number of carboxylic acids is 1. The zero-order valence-corrected chi connectivity index (χ0v) is 8.26. The summed E-state index contributed by atoms with van der Waals surface area (Å²) in [6.07, 6.45) is 1.14. The first kappa shape index (κ1) is 10.5. The third-order valence-electron chi connectivity index (χ3n) is 2.49. The number of halogens is 1. The predicted molar refractivity (Wildman–Crippen MR) is 51.2 cm³/mol. The van der Waals surface area contributed by atoms with Crippen molar-refractivity contribution < 1.29 is 19.1 Å². The number of aromatic nitrogens is 1. The Morgan fingerprint density at radius 1 is 1.44 bits per heavy atom. The second kappa shape index (κ2) is 3.88. The fourth-order valence-corrected chi connectivity index (χ4v) is 1.49. The van der Waals surface area contributed by atoms with Crippen LogP contribution in [-0.4, -0.2) is 40.0 Å². The van der Waals surface area contributed by atoms with Crippen LogP contribution in [0.25, 0.3) is 0 Å². The molecule has 2 heterocycles. The third kappa shape index (κ3) is 1.86. The molecule has 0 aliphatic carbocycles. The van der Waals surface area contributed by atoms with E-state index in [-0.39, 0.29) is 24.6 Å². The normalized spacial score (nSPS) is 15.7. The van der Waals surface area contributed by atoms with Gasteiger partial charge in [0.1, 0.15) is 0 Å². The van der Waals surface area contributed by atoms with Crippen LogP contribution in [0.5, 0.6) is 0 Å². The molecule has 1 aromatic heterocycles. The molecular weight excluding hydrogens is 215 g/mol. The van der Waals surface area contributed by atoms with Crippen molar-refractivity contribution in [2.75, 3.05) is 13.1 Å². The van der Waals surface area contributed by atoms with Crippen LogP contribution in [0.4, 0.5) is 4.39 Å². The number of likely N-dealkylation sites (tertiary alicyclic amines) is 1. The van der Waals surface area contributed by atoms with Crippen molar-refractivity contribution >= 4 is 11.9 Å². The summed E-state index contributed by atoms with van der Waals surface area (Å²) in [6, 6.07) is 2.43. The van der Waals surface area contributed by atoms with E-state index in [1.165, 1.54) is 11.0 Å². The average molecular weight is 224 g/mol. The van der Waals surface area contributed by atoms with Gasteiger partial charge in [0.2, 0.25) is 5.95 Å². The number of rotatable bonds is 2. The minimum atomic E-state index is -0.902. The van der Waals surface area contributed by atoms with Gasteiger partial charge in [-0.05, 0) is 12.1 Å². The molecule has 1 aliphatic rings. The van der Waals surface area contributed by atoms with E-state index in [1.54, 1.807) is 0 Å². The van der Waals surface area contributed by atoms with Gasteiger partial charge in [0, 0.05) is 19.3 Å². The highest BCUT2D eigenvalue weighted by molar-refractivity contribution is 5.95. The highest BCUT2D eigenvalue weighted by Crippen LogP contribution is 2.18. The van der Waals surface area contributed by atoms with Crippen LogP contribution >= 0.6 is 0 Å². The van der Waals surface area contributed by atoms with Gasteiger partial charge in [-0.2, -0.15) is 4.39 Å². The summed E-state index contributed by atoms with van der Waals surface area (Å²) in [5.74, 6) is -2.35. The van der Waals surface area contributed by atoms with Gasteiger partial charge in [-0.3, -0.25) is 9.59 Å². The Balaban J connectivity index is 2.00. The van der Waals surface area contributed by atoms with Crippen LogP contribution in [0.15, 0.2) is 18.3 Å². The van der Waals surface area contributed by atoms with Crippen molar-refractivity contribution in [1.82, 2.24) is 9.88 Å². The highest BCUT2D eigenvalue weighted by Gasteiger charge is 2.35. The summed E-state index contributed by atoms with van der Waals surface area (Å²) < 4.78 is 12.5. The second-order valence-electron chi connectivity index (χ2n) is 3.61. The molecule has 0 unspecified atom stereocenters. The maximum atomic E-state index is 12.5.